The molecule has 18 heavy (non-hydrogen) atoms. The van der Waals surface area contributed by atoms with Gasteiger partial charge < -0.3 is 15.2 Å². The standard InChI is InChI=1S/C11H15N5O2/c1-15-4-5-16(11(18)10(15)17)7-9-6-8(14-12)2-3-13-9/h2-3,6H,4-5,7,12H2,1H3,(H,13,14). The summed E-state index contributed by atoms with van der Waals surface area (Å²) in [5, 5.41) is 0. The molecule has 0 bridgehead atoms. The molecule has 2 heterocycles. The average molecular weight is 249 g/mol. The van der Waals surface area contributed by atoms with Crippen molar-refractivity contribution in [2.75, 3.05) is 25.6 Å². The third-order valence-corrected chi connectivity index (χ3v) is 2.86. The number of nitrogens with one attached hydrogen (secondary N) is 1. The number of rotatable bonds is 3. The molecular formula is C11H15N5O2. The van der Waals surface area contributed by atoms with Gasteiger partial charge in [0.15, 0.2) is 0 Å². The van der Waals surface area contributed by atoms with E-state index >= 15 is 0 Å². The van der Waals surface area contributed by atoms with Crippen molar-refractivity contribution in [1.29, 1.82) is 0 Å². The van der Waals surface area contributed by atoms with Gasteiger partial charge in [-0.25, -0.2) is 0 Å². The largest absolute Gasteiger partial charge is 0.336 e. The van der Waals surface area contributed by atoms with Crippen LogP contribution < -0.4 is 11.3 Å². The Hall–Kier alpha value is -2.15. The Morgan fingerprint density at radius 3 is 2.89 bits per heavy atom. The monoisotopic (exact) mass is 249 g/mol. The highest BCUT2D eigenvalue weighted by molar-refractivity contribution is 6.35. The molecule has 1 saturated heterocycles. The lowest BCUT2D eigenvalue weighted by Gasteiger charge is -2.31. The minimum absolute atomic E-state index is 0.313. The molecule has 1 fully saturated rings. The van der Waals surface area contributed by atoms with Crippen LogP contribution in [0.25, 0.3) is 0 Å². The number of amides is 2. The number of hydrogen-bond donors (Lipinski definition) is 2. The van der Waals surface area contributed by atoms with E-state index in [-0.39, 0.29) is 0 Å². The topological polar surface area (TPSA) is 91.6 Å². The SMILES string of the molecule is CN1CCN(Cc2cc(NN)ccn2)C(=O)C1=O. The van der Waals surface area contributed by atoms with Crippen LogP contribution >= 0.6 is 0 Å². The smallest absolute Gasteiger partial charge is 0.312 e. The normalized spacial score (nSPS) is 16.1. The minimum atomic E-state index is -0.489. The Kier molecular flexibility index (Phi) is 3.42. The Balaban J connectivity index is 2.09. The van der Waals surface area contributed by atoms with Crippen molar-refractivity contribution in [1.82, 2.24) is 14.8 Å². The molecule has 0 aromatic carbocycles. The molecule has 0 atom stereocenters. The summed E-state index contributed by atoms with van der Waals surface area (Å²) in [4.78, 5) is 30.3. The quantitative estimate of drug-likeness (QED) is 0.414. The van der Waals surface area contributed by atoms with Crippen LogP contribution in [-0.2, 0) is 16.1 Å². The number of aromatic nitrogens is 1. The highest BCUT2D eigenvalue weighted by Crippen LogP contribution is 2.11. The van der Waals surface area contributed by atoms with E-state index in [1.54, 1.807) is 25.4 Å². The predicted molar refractivity (Wildman–Crippen MR) is 65.1 cm³/mol. The predicted octanol–water partition coefficient (Wildman–Crippen LogP) is -0.832. The van der Waals surface area contributed by atoms with Crippen LogP contribution in [0.5, 0.6) is 0 Å². The number of piperazine rings is 1. The molecule has 0 spiro atoms. The molecule has 1 aliphatic heterocycles. The van der Waals surface area contributed by atoms with Gasteiger partial charge >= 0.3 is 11.8 Å². The van der Waals surface area contributed by atoms with Crippen molar-refractivity contribution in [2.45, 2.75) is 6.54 Å². The first kappa shape index (κ1) is 12.3. The Morgan fingerprint density at radius 1 is 1.39 bits per heavy atom. The van der Waals surface area contributed by atoms with Gasteiger partial charge in [0.25, 0.3) is 0 Å². The highest BCUT2D eigenvalue weighted by Gasteiger charge is 2.30. The number of carbonyl (C=O) groups excluding carboxylic acids is 2. The van der Waals surface area contributed by atoms with Gasteiger partial charge in [-0.1, -0.05) is 0 Å². The van der Waals surface area contributed by atoms with E-state index in [4.69, 9.17) is 5.84 Å². The molecule has 0 saturated carbocycles. The average Bonchev–Trinajstić information content (AvgIpc) is 2.40. The Labute approximate surface area is 105 Å². The molecule has 1 aromatic heterocycles. The van der Waals surface area contributed by atoms with Crippen LogP contribution in [0.2, 0.25) is 0 Å². The number of nitrogen functional groups attached to an aromatic ring is 1. The van der Waals surface area contributed by atoms with Crippen LogP contribution in [0.1, 0.15) is 5.69 Å². The maximum atomic E-state index is 11.8. The molecule has 0 radical (unpaired) electrons. The van der Waals surface area contributed by atoms with E-state index in [9.17, 15) is 9.59 Å². The summed E-state index contributed by atoms with van der Waals surface area (Å²) in [5.74, 6) is 4.33. The second-order valence-electron chi connectivity index (χ2n) is 4.13. The van der Waals surface area contributed by atoms with Crippen LogP contribution in [0.3, 0.4) is 0 Å². The number of nitrogens with zero attached hydrogens (tertiary/aromatic N) is 3. The van der Waals surface area contributed by atoms with Crippen molar-refractivity contribution >= 4 is 17.5 Å². The van der Waals surface area contributed by atoms with Crippen LogP contribution in [0.4, 0.5) is 5.69 Å². The summed E-state index contributed by atoms with van der Waals surface area (Å²) in [5.41, 5.74) is 3.92. The molecule has 1 aromatic rings. The molecule has 2 amide bonds. The summed E-state index contributed by atoms with van der Waals surface area (Å²) in [6.07, 6.45) is 1.60. The number of carbonyl (C=O) groups is 2. The Morgan fingerprint density at radius 2 is 2.17 bits per heavy atom. The van der Waals surface area contributed by atoms with Crippen LogP contribution in [0.15, 0.2) is 18.3 Å². The van der Waals surface area contributed by atoms with Crippen molar-refractivity contribution < 1.29 is 9.59 Å². The lowest BCUT2D eigenvalue weighted by atomic mass is 10.2. The summed E-state index contributed by atoms with van der Waals surface area (Å²) in [6.45, 7) is 1.37. The fourth-order valence-corrected chi connectivity index (χ4v) is 1.77. The van der Waals surface area contributed by atoms with E-state index in [0.29, 0.717) is 31.0 Å². The molecule has 7 nitrogen and oxygen atoms in total. The van der Waals surface area contributed by atoms with Crippen molar-refractivity contribution in [3.8, 4) is 0 Å². The number of nitrogens with two attached hydrogens (primary N) is 1. The third kappa shape index (κ3) is 2.40. The van der Waals surface area contributed by atoms with Crippen molar-refractivity contribution in [3.63, 3.8) is 0 Å². The van der Waals surface area contributed by atoms with Gasteiger partial charge in [-0.15, -0.1) is 0 Å². The lowest BCUT2D eigenvalue weighted by molar-refractivity contribution is -0.155. The van der Waals surface area contributed by atoms with Gasteiger partial charge in [0.05, 0.1) is 17.9 Å². The summed E-state index contributed by atoms with van der Waals surface area (Å²) in [7, 11) is 1.62. The molecule has 96 valence electrons. The zero-order valence-electron chi connectivity index (χ0n) is 10.1. The van der Waals surface area contributed by atoms with Gasteiger partial charge in [-0.2, -0.15) is 0 Å². The molecule has 2 rings (SSSR count). The highest BCUT2D eigenvalue weighted by atomic mass is 16.2. The molecule has 7 heteroatoms. The van der Waals surface area contributed by atoms with Crippen LogP contribution in [0, 0.1) is 0 Å². The maximum Gasteiger partial charge on any atom is 0.312 e. The van der Waals surface area contributed by atoms with E-state index in [1.165, 1.54) is 9.80 Å². The maximum absolute atomic E-state index is 11.8. The first-order chi connectivity index (χ1) is 8.61. The van der Waals surface area contributed by atoms with Crippen molar-refractivity contribution in [2.24, 2.45) is 5.84 Å². The molecule has 1 aliphatic rings. The van der Waals surface area contributed by atoms with Gasteiger partial charge in [0.2, 0.25) is 0 Å². The fraction of sp³-hybridized carbons (Fsp3) is 0.364. The minimum Gasteiger partial charge on any atom is -0.336 e. The second-order valence-corrected chi connectivity index (χ2v) is 4.13. The molecule has 3 N–H and O–H groups in total. The molecule has 0 unspecified atom stereocenters. The van der Waals surface area contributed by atoms with E-state index in [2.05, 4.69) is 10.4 Å². The lowest BCUT2D eigenvalue weighted by Crippen LogP contribution is -2.52. The first-order valence-electron chi connectivity index (χ1n) is 5.57. The van der Waals surface area contributed by atoms with E-state index < -0.39 is 11.8 Å². The second kappa shape index (κ2) is 5.01. The van der Waals surface area contributed by atoms with E-state index in [1.807, 2.05) is 0 Å². The van der Waals surface area contributed by atoms with Crippen LogP contribution in [-0.4, -0.2) is 46.7 Å². The Bertz CT molecular complexity index is 476. The van der Waals surface area contributed by atoms with Gasteiger partial charge in [0, 0.05) is 26.3 Å². The van der Waals surface area contributed by atoms with Gasteiger partial charge in [-0.3, -0.25) is 20.4 Å². The zero-order valence-corrected chi connectivity index (χ0v) is 10.1. The summed E-state index contributed by atoms with van der Waals surface area (Å²) in [6, 6.07) is 3.47. The number of anilines is 1. The number of pyridine rings is 1. The zero-order chi connectivity index (χ0) is 13.1. The van der Waals surface area contributed by atoms with Crippen molar-refractivity contribution in [3.05, 3.63) is 24.0 Å². The fourth-order valence-electron chi connectivity index (χ4n) is 1.77. The van der Waals surface area contributed by atoms with E-state index in [0.717, 1.165) is 0 Å². The first-order valence-corrected chi connectivity index (χ1v) is 5.57. The molecule has 0 aliphatic carbocycles. The third-order valence-electron chi connectivity index (χ3n) is 2.86. The summed E-state index contributed by atoms with van der Waals surface area (Å²) >= 11 is 0. The summed E-state index contributed by atoms with van der Waals surface area (Å²) < 4.78 is 0. The number of hydrazine groups is 1. The number of likely N-dealkylation sites (N-methyl/N-ethyl adjacent to an activating group) is 1. The number of hydrogen-bond acceptors (Lipinski definition) is 5. The van der Waals surface area contributed by atoms with Gasteiger partial charge in [-0.05, 0) is 12.1 Å². The van der Waals surface area contributed by atoms with Gasteiger partial charge in [0.1, 0.15) is 0 Å². The molecular weight excluding hydrogens is 234 g/mol.